The smallest absolute Gasteiger partial charge is 0.247 e. The number of H-pyrrole nitrogens is 1. The molecule has 1 N–H and O–H groups in total. The van der Waals surface area contributed by atoms with Gasteiger partial charge in [0, 0.05) is 5.56 Å². The standard InChI is InChI=1S/C17H17N3O/c1-3-13-8-10-14(11-9-13)15-6-4-5-7-16(15)20-12(2)18-19-17(20)21/h4-11H,3H2,1-2H3,(H,19,21). The zero-order valence-electron chi connectivity index (χ0n) is 12.1. The van der Waals surface area contributed by atoms with Crippen LogP contribution in [-0.2, 0) is 6.42 Å². The van der Waals surface area contributed by atoms with E-state index >= 15 is 0 Å². The molecule has 0 unspecified atom stereocenters. The van der Waals surface area contributed by atoms with Gasteiger partial charge in [0.05, 0.1) is 5.69 Å². The van der Waals surface area contributed by atoms with Crippen LogP contribution in [0.2, 0.25) is 0 Å². The van der Waals surface area contributed by atoms with E-state index in [0.29, 0.717) is 5.82 Å². The number of benzene rings is 2. The van der Waals surface area contributed by atoms with E-state index in [-0.39, 0.29) is 5.69 Å². The van der Waals surface area contributed by atoms with Crippen LogP contribution in [0.4, 0.5) is 0 Å². The lowest BCUT2D eigenvalue weighted by molar-refractivity contribution is 0.946. The highest BCUT2D eigenvalue weighted by Crippen LogP contribution is 2.26. The van der Waals surface area contributed by atoms with Crippen LogP contribution < -0.4 is 5.69 Å². The Morgan fingerprint density at radius 1 is 1.10 bits per heavy atom. The summed E-state index contributed by atoms with van der Waals surface area (Å²) in [4.78, 5) is 12.0. The minimum absolute atomic E-state index is 0.217. The molecule has 0 aliphatic carbocycles. The van der Waals surface area contributed by atoms with Crippen LogP contribution in [-0.4, -0.2) is 14.8 Å². The summed E-state index contributed by atoms with van der Waals surface area (Å²) in [6, 6.07) is 16.3. The Bertz CT molecular complexity index is 813. The Labute approximate surface area is 123 Å². The van der Waals surface area contributed by atoms with E-state index in [9.17, 15) is 4.79 Å². The molecular weight excluding hydrogens is 262 g/mol. The van der Waals surface area contributed by atoms with Crippen molar-refractivity contribution in [2.75, 3.05) is 0 Å². The number of aromatic nitrogens is 3. The molecule has 4 nitrogen and oxygen atoms in total. The molecule has 0 bridgehead atoms. The van der Waals surface area contributed by atoms with E-state index in [0.717, 1.165) is 23.2 Å². The second kappa shape index (κ2) is 5.40. The average Bonchev–Trinajstić information content (AvgIpc) is 2.86. The Morgan fingerprint density at radius 2 is 1.81 bits per heavy atom. The molecule has 21 heavy (non-hydrogen) atoms. The first kappa shape index (κ1) is 13.4. The van der Waals surface area contributed by atoms with Gasteiger partial charge in [-0.3, -0.25) is 0 Å². The van der Waals surface area contributed by atoms with Gasteiger partial charge in [-0.1, -0.05) is 49.4 Å². The van der Waals surface area contributed by atoms with Crippen molar-refractivity contribution in [3.05, 3.63) is 70.4 Å². The summed E-state index contributed by atoms with van der Waals surface area (Å²) in [5.74, 6) is 0.651. The first-order valence-electron chi connectivity index (χ1n) is 7.03. The number of nitrogens with one attached hydrogen (secondary N) is 1. The van der Waals surface area contributed by atoms with Crippen molar-refractivity contribution < 1.29 is 0 Å². The van der Waals surface area contributed by atoms with Crippen LogP contribution in [0.25, 0.3) is 16.8 Å². The number of aryl methyl sites for hydroxylation is 2. The van der Waals surface area contributed by atoms with Crippen molar-refractivity contribution in [3.8, 4) is 16.8 Å². The maximum atomic E-state index is 12.0. The predicted molar refractivity (Wildman–Crippen MR) is 83.7 cm³/mol. The SMILES string of the molecule is CCc1ccc(-c2ccccc2-n2c(C)n[nH]c2=O)cc1. The quantitative estimate of drug-likeness (QED) is 0.801. The van der Waals surface area contributed by atoms with Crippen LogP contribution in [0.15, 0.2) is 53.3 Å². The summed E-state index contributed by atoms with van der Waals surface area (Å²) in [6.07, 6.45) is 1.02. The van der Waals surface area contributed by atoms with Gasteiger partial charge in [0.25, 0.3) is 0 Å². The van der Waals surface area contributed by atoms with Crippen molar-refractivity contribution in [2.24, 2.45) is 0 Å². The molecule has 106 valence electrons. The number of hydrogen-bond acceptors (Lipinski definition) is 2. The highest BCUT2D eigenvalue weighted by Gasteiger charge is 2.11. The summed E-state index contributed by atoms with van der Waals surface area (Å²) < 4.78 is 1.60. The number of rotatable bonds is 3. The topological polar surface area (TPSA) is 50.7 Å². The maximum Gasteiger partial charge on any atom is 0.347 e. The third-order valence-electron chi connectivity index (χ3n) is 3.66. The summed E-state index contributed by atoms with van der Waals surface area (Å²) >= 11 is 0. The molecule has 0 spiro atoms. The van der Waals surface area contributed by atoms with Gasteiger partial charge in [0.2, 0.25) is 0 Å². The van der Waals surface area contributed by atoms with Gasteiger partial charge in [-0.25, -0.2) is 14.5 Å². The molecule has 0 aliphatic heterocycles. The molecule has 0 saturated carbocycles. The first-order chi connectivity index (χ1) is 10.2. The maximum absolute atomic E-state index is 12.0. The molecule has 3 aromatic rings. The summed E-state index contributed by atoms with van der Waals surface area (Å²) in [5, 5.41) is 6.47. The monoisotopic (exact) mass is 279 g/mol. The highest BCUT2D eigenvalue weighted by atomic mass is 16.1. The second-order valence-corrected chi connectivity index (χ2v) is 4.98. The Kier molecular flexibility index (Phi) is 3.44. The lowest BCUT2D eigenvalue weighted by Crippen LogP contribution is -2.16. The van der Waals surface area contributed by atoms with Crippen molar-refractivity contribution in [2.45, 2.75) is 20.3 Å². The largest absolute Gasteiger partial charge is 0.347 e. The Balaban J connectivity index is 2.18. The fraction of sp³-hybridized carbons (Fsp3) is 0.176. The van der Waals surface area contributed by atoms with Crippen molar-refractivity contribution in [1.82, 2.24) is 14.8 Å². The first-order valence-corrected chi connectivity index (χ1v) is 7.03. The van der Waals surface area contributed by atoms with Crippen LogP contribution in [0, 0.1) is 6.92 Å². The van der Waals surface area contributed by atoms with Crippen molar-refractivity contribution >= 4 is 0 Å². The van der Waals surface area contributed by atoms with Crippen LogP contribution >= 0.6 is 0 Å². The molecule has 0 radical (unpaired) electrons. The molecule has 1 aromatic heterocycles. The molecule has 4 heteroatoms. The molecule has 0 aliphatic rings. The molecule has 0 atom stereocenters. The molecular formula is C17H17N3O. The van der Waals surface area contributed by atoms with Crippen molar-refractivity contribution in [3.63, 3.8) is 0 Å². The summed E-state index contributed by atoms with van der Waals surface area (Å²) in [5.41, 5.74) is 4.04. The fourth-order valence-electron chi connectivity index (χ4n) is 2.49. The van der Waals surface area contributed by atoms with Gasteiger partial charge in [0.15, 0.2) is 0 Å². The van der Waals surface area contributed by atoms with Gasteiger partial charge in [0.1, 0.15) is 5.82 Å². The van der Waals surface area contributed by atoms with Crippen molar-refractivity contribution in [1.29, 1.82) is 0 Å². The van der Waals surface area contributed by atoms with Gasteiger partial charge in [-0.2, -0.15) is 5.10 Å². The summed E-state index contributed by atoms with van der Waals surface area (Å²) in [7, 11) is 0. The van der Waals surface area contributed by atoms with Crippen LogP contribution in [0.1, 0.15) is 18.3 Å². The second-order valence-electron chi connectivity index (χ2n) is 4.98. The Hall–Kier alpha value is -2.62. The van der Waals surface area contributed by atoms with E-state index in [1.807, 2.05) is 31.2 Å². The van der Waals surface area contributed by atoms with Gasteiger partial charge in [-0.15, -0.1) is 0 Å². The predicted octanol–water partition coefficient (Wildman–Crippen LogP) is 3.10. The molecule has 3 rings (SSSR count). The van der Waals surface area contributed by atoms with E-state index in [4.69, 9.17) is 0 Å². The van der Waals surface area contributed by atoms with Gasteiger partial charge < -0.3 is 0 Å². The molecule has 0 saturated heterocycles. The lowest BCUT2D eigenvalue weighted by Gasteiger charge is -2.11. The molecule has 1 heterocycles. The normalized spacial score (nSPS) is 10.8. The van der Waals surface area contributed by atoms with E-state index in [2.05, 4.69) is 41.4 Å². The third-order valence-corrected chi connectivity index (χ3v) is 3.66. The number of para-hydroxylation sites is 1. The minimum atomic E-state index is -0.217. The average molecular weight is 279 g/mol. The van der Waals surface area contributed by atoms with Crippen LogP contribution in [0.3, 0.4) is 0 Å². The fourth-order valence-corrected chi connectivity index (χ4v) is 2.49. The number of hydrogen-bond donors (Lipinski definition) is 1. The van der Waals surface area contributed by atoms with E-state index in [1.54, 1.807) is 4.57 Å². The van der Waals surface area contributed by atoms with Gasteiger partial charge in [-0.05, 0) is 30.5 Å². The number of aromatic amines is 1. The number of nitrogens with zero attached hydrogens (tertiary/aromatic N) is 2. The van der Waals surface area contributed by atoms with E-state index in [1.165, 1.54) is 5.56 Å². The third kappa shape index (κ3) is 2.40. The lowest BCUT2D eigenvalue weighted by atomic mass is 10.0. The highest BCUT2D eigenvalue weighted by molar-refractivity contribution is 5.73. The molecule has 2 aromatic carbocycles. The zero-order valence-corrected chi connectivity index (χ0v) is 12.1. The van der Waals surface area contributed by atoms with E-state index < -0.39 is 0 Å². The van der Waals surface area contributed by atoms with Crippen LogP contribution in [0.5, 0.6) is 0 Å². The van der Waals surface area contributed by atoms with Gasteiger partial charge >= 0.3 is 5.69 Å². The summed E-state index contributed by atoms with van der Waals surface area (Å²) in [6.45, 7) is 3.95. The zero-order chi connectivity index (χ0) is 14.8. The molecule has 0 fully saturated rings. The minimum Gasteiger partial charge on any atom is -0.247 e. The molecule has 0 amide bonds. The Morgan fingerprint density at radius 3 is 2.43 bits per heavy atom.